The zero-order valence-electron chi connectivity index (χ0n) is 9.26. The Morgan fingerprint density at radius 1 is 1.47 bits per heavy atom. The van der Waals surface area contributed by atoms with Gasteiger partial charge in [-0.15, -0.1) is 0 Å². The van der Waals surface area contributed by atoms with E-state index in [0.717, 1.165) is 4.90 Å². The highest BCUT2D eigenvalue weighted by atomic mass is 19.3. The summed E-state index contributed by atoms with van der Waals surface area (Å²) in [6, 6.07) is 1.93. The molecule has 1 amide bonds. The van der Waals surface area contributed by atoms with Crippen molar-refractivity contribution in [2.45, 2.75) is 33.1 Å². The Balaban J connectivity index is 4.73. The van der Waals surface area contributed by atoms with Crippen molar-refractivity contribution in [3.05, 3.63) is 0 Å². The summed E-state index contributed by atoms with van der Waals surface area (Å²) in [6.45, 7) is 2.80. The zero-order chi connectivity index (χ0) is 12.1. The van der Waals surface area contributed by atoms with Crippen LogP contribution in [0.2, 0.25) is 0 Å². The van der Waals surface area contributed by atoms with E-state index in [9.17, 15) is 13.6 Å². The van der Waals surface area contributed by atoms with Crippen LogP contribution in [0.25, 0.3) is 0 Å². The molecule has 0 unspecified atom stereocenters. The normalized spacial score (nSPS) is 11.3. The molecule has 0 fully saturated rings. The van der Waals surface area contributed by atoms with E-state index in [1.165, 1.54) is 7.05 Å². The lowest BCUT2D eigenvalue weighted by atomic mass is 9.82. The zero-order valence-corrected chi connectivity index (χ0v) is 9.26. The van der Waals surface area contributed by atoms with E-state index in [1.807, 2.05) is 6.07 Å². The van der Waals surface area contributed by atoms with Crippen LogP contribution < -0.4 is 0 Å². The standard InChI is InChI=1S/C10H16F2N2O/c1-4-10(5-2,7-13)9(15)14(3)6-8(11)12/h8H,4-6H2,1-3H3. The predicted octanol–water partition coefficient (Wildman–Crippen LogP) is 2.04. The van der Waals surface area contributed by atoms with Crippen molar-refractivity contribution < 1.29 is 13.6 Å². The van der Waals surface area contributed by atoms with E-state index in [-0.39, 0.29) is 0 Å². The molecule has 0 spiro atoms. The van der Waals surface area contributed by atoms with Gasteiger partial charge in [0.05, 0.1) is 12.6 Å². The molecule has 0 N–H and O–H groups in total. The number of carbonyl (C=O) groups excluding carboxylic acids is 1. The molecule has 0 aromatic rings. The summed E-state index contributed by atoms with van der Waals surface area (Å²) in [5.41, 5.74) is -1.15. The first-order valence-electron chi connectivity index (χ1n) is 4.88. The van der Waals surface area contributed by atoms with Gasteiger partial charge in [0.2, 0.25) is 5.91 Å². The molecule has 0 aliphatic carbocycles. The van der Waals surface area contributed by atoms with Gasteiger partial charge in [-0.05, 0) is 12.8 Å². The fraction of sp³-hybridized carbons (Fsp3) is 0.800. The summed E-state index contributed by atoms with van der Waals surface area (Å²) in [5.74, 6) is -0.518. The lowest BCUT2D eigenvalue weighted by Crippen LogP contribution is -2.42. The Bertz CT molecular complexity index is 257. The number of nitrogens with zero attached hydrogens (tertiary/aromatic N) is 2. The van der Waals surface area contributed by atoms with Crippen LogP contribution in [0.1, 0.15) is 26.7 Å². The smallest absolute Gasteiger partial charge is 0.255 e. The highest BCUT2D eigenvalue weighted by molar-refractivity contribution is 5.85. The fourth-order valence-electron chi connectivity index (χ4n) is 1.41. The van der Waals surface area contributed by atoms with Gasteiger partial charge in [-0.1, -0.05) is 13.8 Å². The van der Waals surface area contributed by atoms with Crippen molar-refractivity contribution in [2.75, 3.05) is 13.6 Å². The summed E-state index contributed by atoms with van der Waals surface area (Å²) in [6.07, 6.45) is -1.89. The van der Waals surface area contributed by atoms with Gasteiger partial charge in [-0.2, -0.15) is 5.26 Å². The SMILES string of the molecule is CCC(C#N)(CC)C(=O)N(C)CC(F)F. The molecule has 0 aliphatic heterocycles. The van der Waals surface area contributed by atoms with Gasteiger partial charge < -0.3 is 4.90 Å². The van der Waals surface area contributed by atoms with Gasteiger partial charge >= 0.3 is 0 Å². The van der Waals surface area contributed by atoms with Crippen LogP contribution >= 0.6 is 0 Å². The molecule has 0 saturated heterocycles. The number of rotatable bonds is 5. The maximum absolute atomic E-state index is 12.1. The fourth-order valence-corrected chi connectivity index (χ4v) is 1.41. The number of hydrogen-bond donors (Lipinski definition) is 0. The van der Waals surface area contributed by atoms with Crippen LogP contribution in [-0.2, 0) is 4.79 Å². The molecule has 3 nitrogen and oxygen atoms in total. The highest BCUT2D eigenvalue weighted by Gasteiger charge is 2.37. The van der Waals surface area contributed by atoms with Crippen molar-refractivity contribution >= 4 is 5.91 Å². The van der Waals surface area contributed by atoms with E-state index in [2.05, 4.69) is 0 Å². The molecule has 0 aromatic carbocycles. The molecule has 0 saturated carbocycles. The van der Waals surface area contributed by atoms with E-state index in [1.54, 1.807) is 13.8 Å². The van der Waals surface area contributed by atoms with Crippen molar-refractivity contribution in [3.8, 4) is 6.07 Å². The third-order valence-electron chi connectivity index (χ3n) is 2.59. The molecular formula is C10H16F2N2O. The number of hydrogen-bond acceptors (Lipinski definition) is 2. The molecule has 0 rings (SSSR count). The summed E-state index contributed by atoms with van der Waals surface area (Å²) in [5, 5.41) is 8.94. The second-order valence-electron chi connectivity index (χ2n) is 3.48. The topological polar surface area (TPSA) is 44.1 Å². The third-order valence-corrected chi connectivity index (χ3v) is 2.59. The molecule has 0 aliphatic rings. The van der Waals surface area contributed by atoms with E-state index in [4.69, 9.17) is 5.26 Å². The van der Waals surface area contributed by atoms with Crippen LogP contribution in [0.3, 0.4) is 0 Å². The minimum atomic E-state index is -2.57. The van der Waals surface area contributed by atoms with E-state index in [0.29, 0.717) is 12.8 Å². The number of nitriles is 1. The molecule has 15 heavy (non-hydrogen) atoms. The largest absolute Gasteiger partial charge is 0.339 e. The molecule has 0 bridgehead atoms. The number of carbonyl (C=O) groups is 1. The van der Waals surface area contributed by atoms with Gasteiger partial charge in [0.1, 0.15) is 5.41 Å². The second kappa shape index (κ2) is 5.64. The van der Waals surface area contributed by atoms with Gasteiger partial charge in [-0.25, -0.2) is 8.78 Å². The predicted molar refractivity (Wildman–Crippen MR) is 52.3 cm³/mol. The molecule has 0 radical (unpaired) electrons. The average Bonchev–Trinajstić information content (AvgIpc) is 2.20. The Labute approximate surface area is 88.7 Å². The number of amides is 1. The quantitative estimate of drug-likeness (QED) is 0.708. The van der Waals surface area contributed by atoms with Crippen molar-refractivity contribution in [3.63, 3.8) is 0 Å². The first kappa shape index (κ1) is 13.8. The van der Waals surface area contributed by atoms with Gasteiger partial charge in [0.25, 0.3) is 6.43 Å². The first-order valence-corrected chi connectivity index (χ1v) is 4.88. The maximum Gasteiger partial charge on any atom is 0.255 e. The Hall–Kier alpha value is -1.18. The van der Waals surface area contributed by atoms with Crippen LogP contribution in [0.15, 0.2) is 0 Å². The molecule has 0 heterocycles. The Morgan fingerprint density at radius 3 is 2.20 bits per heavy atom. The minimum absolute atomic E-state index is 0.340. The molecule has 0 aromatic heterocycles. The first-order chi connectivity index (χ1) is 6.93. The van der Waals surface area contributed by atoms with Gasteiger partial charge in [0, 0.05) is 7.05 Å². The second-order valence-corrected chi connectivity index (χ2v) is 3.48. The summed E-state index contributed by atoms with van der Waals surface area (Å²) < 4.78 is 24.1. The third kappa shape index (κ3) is 3.15. The van der Waals surface area contributed by atoms with Crippen molar-refractivity contribution in [1.29, 1.82) is 5.26 Å². The van der Waals surface area contributed by atoms with Crippen LogP contribution in [0.5, 0.6) is 0 Å². The number of halogens is 2. The summed E-state index contributed by atoms with van der Waals surface area (Å²) in [4.78, 5) is 12.7. The monoisotopic (exact) mass is 218 g/mol. The molecule has 86 valence electrons. The molecule has 5 heteroatoms. The lowest BCUT2D eigenvalue weighted by Gasteiger charge is -2.28. The van der Waals surface area contributed by atoms with Gasteiger partial charge in [0.15, 0.2) is 0 Å². The lowest BCUT2D eigenvalue weighted by molar-refractivity contribution is -0.139. The van der Waals surface area contributed by atoms with Crippen LogP contribution in [-0.4, -0.2) is 30.8 Å². The summed E-state index contributed by atoms with van der Waals surface area (Å²) >= 11 is 0. The Morgan fingerprint density at radius 2 is 1.93 bits per heavy atom. The van der Waals surface area contributed by atoms with Crippen molar-refractivity contribution in [1.82, 2.24) is 4.90 Å². The van der Waals surface area contributed by atoms with Crippen LogP contribution in [0, 0.1) is 16.7 Å². The highest BCUT2D eigenvalue weighted by Crippen LogP contribution is 2.27. The maximum atomic E-state index is 12.1. The summed E-state index contributed by atoms with van der Waals surface area (Å²) in [7, 11) is 1.30. The van der Waals surface area contributed by atoms with Gasteiger partial charge in [-0.3, -0.25) is 4.79 Å². The van der Waals surface area contributed by atoms with E-state index < -0.39 is 24.3 Å². The van der Waals surface area contributed by atoms with Crippen LogP contribution in [0.4, 0.5) is 8.78 Å². The average molecular weight is 218 g/mol. The van der Waals surface area contributed by atoms with E-state index >= 15 is 0 Å². The number of alkyl halides is 2. The molecule has 0 atom stereocenters. The van der Waals surface area contributed by atoms with Crippen molar-refractivity contribution in [2.24, 2.45) is 5.41 Å². The Kier molecular flexibility index (Phi) is 5.20. The molecular weight excluding hydrogens is 202 g/mol. The minimum Gasteiger partial charge on any atom is -0.339 e.